The molecule has 2 nitrogen and oxygen atoms in total. The highest BCUT2D eigenvalue weighted by atomic mass is 32.2. The molecule has 1 aliphatic heterocycles. The molecule has 1 aromatic heterocycles. The molecule has 0 unspecified atom stereocenters. The summed E-state index contributed by atoms with van der Waals surface area (Å²) in [5.41, 5.74) is 10.6. The van der Waals surface area contributed by atoms with Crippen LogP contribution in [0.25, 0.3) is 10.9 Å². The summed E-state index contributed by atoms with van der Waals surface area (Å²) in [5.74, 6) is 1.11. The molecule has 15 heavy (non-hydrogen) atoms. The average molecular weight is 216 g/mol. The van der Waals surface area contributed by atoms with Gasteiger partial charge >= 0.3 is 0 Å². The van der Waals surface area contributed by atoms with Crippen LogP contribution in [-0.4, -0.2) is 10.7 Å². The number of hydrogen-bond donors (Lipinski definition) is 1. The van der Waals surface area contributed by atoms with Gasteiger partial charge in [0.1, 0.15) is 0 Å². The molecule has 76 valence electrons. The third kappa shape index (κ3) is 1.23. The molecule has 2 N–H and O–H groups in total. The van der Waals surface area contributed by atoms with Gasteiger partial charge in [-0.1, -0.05) is 12.1 Å². The van der Waals surface area contributed by atoms with Crippen LogP contribution in [-0.2, 0) is 6.42 Å². The van der Waals surface area contributed by atoms with Crippen molar-refractivity contribution in [3.63, 3.8) is 0 Å². The number of anilines is 1. The summed E-state index contributed by atoms with van der Waals surface area (Å²) in [6.07, 6.45) is 1.05. The van der Waals surface area contributed by atoms with E-state index in [1.54, 1.807) is 0 Å². The maximum Gasteiger partial charge on any atom is 0.0729 e. The van der Waals surface area contributed by atoms with Gasteiger partial charge < -0.3 is 5.73 Å². The van der Waals surface area contributed by atoms with Gasteiger partial charge in [0.15, 0.2) is 0 Å². The van der Waals surface area contributed by atoms with Crippen LogP contribution in [0.4, 0.5) is 5.69 Å². The second-order valence-electron chi connectivity index (χ2n) is 3.87. The number of rotatable bonds is 0. The highest BCUT2D eigenvalue weighted by Crippen LogP contribution is 2.39. The van der Waals surface area contributed by atoms with Crippen molar-refractivity contribution in [2.24, 2.45) is 0 Å². The molecule has 2 aromatic rings. The first-order valence-electron chi connectivity index (χ1n) is 5.08. The molecule has 3 heteroatoms. The minimum absolute atomic E-state index is 0.926. The van der Waals surface area contributed by atoms with Crippen LogP contribution < -0.4 is 5.73 Å². The van der Waals surface area contributed by atoms with Gasteiger partial charge in [-0.25, -0.2) is 0 Å². The smallest absolute Gasteiger partial charge is 0.0729 e. The summed E-state index contributed by atoms with van der Waals surface area (Å²) in [5, 5.41) is 1.13. The third-order valence-corrected chi connectivity index (χ3v) is 4.02. The van der Waals surface area contributed by atoms with E-state index in [0.29, 0.717) is 0 Å². The molecule has 3 rings (SSSR count). The van der Waals surface area contributed by atoms with Gasteiger partial charge in [-0.15, -0.1) is 11.8 Å². The van der Waals surface area contributed by atoms with Crippen molar-refractivity contribution in [2.75, 3.05) is 11.5 Å². The number of nitrogens with two attached hydrogens (primary N) is 1. The normalized spacial score (nSPS) is 14.5. The predicted molar refractivity (Wildman–Crippen MR) is 65.3 cm³/mol. The Labute approximate surface area is 92.9 Å². The van der Waals surface area contributed by atoms with Crippen LogP contribution in [0.1, 0.15) is 11.3 Å². The number of aryl methyl sites for hydroxylation is 2. The topological polar surface area (TPSA) is 38.9 Å². The van der Waals surface area contributed by atoms with E-state index in [0.717, 1.165) is 28.8 Å². The minimum atomic E-state index is 0.926. The summed E-state index contributed by atoms with van der Waals surface area (Å²) in [4.78, 5) is 5.88. The Bertz CT molecular complexity index is 549. The van der Waals surface area contributed by atoms with E-state index >= 15 is 0 Å². The molecular formula is C12H12N2S. The summed E-state index contributed by atoms with van der Waals surface area (Å²) in [7, 11) is 0. The lowest BCUT2D eigenvalue weighted by Crippen LogP contribution is -1.97. The fourth-order valence-electron chi connectivity index (χ4n) is 2.14. The second-order valence-corrected chi connectivity index (χ2v) is 4.97. The van der Waals surface area contributed by atoms with Gasteiger partial charge in [0.05, 0.1) is 21.8 Å². The van der Waals surface area contributed by atoms with Crippen molar-refractivity contribution < 1.29 is 0 Å². The molecule has 1 aliphatic rings. The van der Waals surface area contributed by atoms with E-state index in [-0.39, 0.29) is 0 Å². The Kier molecular flexibility index (Phi) is 1.89. The number of aromatic nitrogens is 1. The quantitative estimate of drug-likeness (QED) is 0.736. The Balaban J connectivity index is 2.47. The van der Waals surface area contributed by atoms with Crippen molar-refractivity contribution >= 4 is 28.4 Å². The van der Waals surface area contributed by atoms with Gasteiger partial charge in [-0.2, -0.15) is 0 Å². The monoisotopic (exact) mass is 216 g/mol. The molecule has 0 aliphatic carbocycles. The Hall–Kier alpha value is -1.22. The van der Waals surface area contributed by atoms with Crippen molar-refractivity contribution in [2.45, 2.75) is 18.2 Å². The first-order chi connectivity index (χ1) is 7.27. The molecule has 0 amide bonds. The first kappa shape index (κ1) is 9.04. The number of pyridine rings is 1. The zero-order valence-electron chi connectivity index (χ0n) is 8.58. The SMILES string of the molecule is Cc1cccc2nc3c(c(N)c12)SCC3. The van der Waals surface area contributed by atoms with Gasteiger partial charge in [-0.3, -0.25) is 4.98 Å². The zero-order valence-corrected chi connectivity index (χ0v) is 9.40. The average Bonchev–Trinajstić information content (AvgIpc) is 2.66. The lowest BCUT2D eigenvalue weighted by Gasteiger charge is -2.09. The molecule has 2 heterocycles. The highest BCUT2D eigenvalue weighted by molar-refractivity contribution is 7.99. The van der Waals surface area contributed by atoms with Crippen LogP contribution in [0.3, 0.4) is 0 Å². The van der Waals surface area contributed by atoms with Crippen LogP contribution >= 0.6 is 11.8 Å². The maximum absolute atomic E-state index is 6.21. The number of fused-ring (bicyclic) bond motifs is 2. The van der Waals surface area contributed by atoms with Gasteiger partial charge in [-0.05, 0) is 18.6 Å². The summed E-state index contributed by atoms with van der Waals surface area (Å²) in [6, 6.07) is 6.17. The van der Waals surface area contributed by atoms with E-state index in [1.807, 2.05) is 23.9 Å². The lowest BCUT2D eigenvalue weighted by atomic mass is 10.1. The van der Waals surface area contributed by atoms with E-state index < -0.39 is 0 Å². The number of thioether (sulfide) groups is 1. The van der Waals surface area contributed by atoms with Crippen molar-refractivity contribution in [3.8, 4) is 0 Å². The van der Waals surface area contributed by atoms with Crippen LogP contribution in [0.15, 0.2) is 23.1 Å². The standard InChI is InChI=1S/C12H12N2S/c1-7-3-2-4-8-10(7)11(13)12-9(14-8)5-6-15-12/h2-4H,5-6H2,1H3,(H2,13,14). The molecule has 0 atom stereocenters. The molecule has 0 saturated carbocycles. The number of nitrogens with zero attached hydrogens (tertiary/aromatic N) is 1. The zero-order chi connectivity index (χ0) is 10.4. The number of benzene rings is 1. The van der Waals surface area contributed by atoms with Crippen molar-refractivity contribution in [1.29, 1.82) is 0 Å². The maximum atomic E-state index is 6.21. The number of hydrogen-bond acceptors (Lipinski definition) is 3. The van der Waals surface area contributed by atoms with E-state index in [1.165, 1.54) is 16.2 Å². The van der Waals surface area contributed by atoms with E-state index in [9.17, 15) is 0 Å². The minimum Gasteiger partial charge on any atom is -0.397 e. The van der Waals surface area contributed by atoms with Crippen molar-refractivity contribution in [3.05, 3.63) is 29.5 Å². The van der Waals surface area contributed by atoms with Crippen LogP contribution in [0.5, 0.6) is 0 Å². The van der Waals surface area contributed by atoms with Crippen LogP contribution in [0, 0.1) is 6.92 Å². The molecule has 0 radical (unpaired) electrons. The summed E-state index contributed by atoms with van der Waals surface area (Å²) >= 11 is 1.83. The molecule has 1 aromatic carbocycles. The molecular weight excluding hydrogens is 204 g/mol. The molecule has 0 spiro atoms. The largest absolute Gasteiger partial charge is 0.397 e. The lowest BCUT2D eigenvalue weighted by molar-refractivity contribution is 1.05. The molecule has 0 bridgehead atoms. The molecule has 0 fully saturated rings. The van der Waals surface area contributed by atoms with Crippen LogP contribution in [0.2, 0.25) is 0 Å². The Morgan fingerprint density at radius 3 is 3.13 bits per heavy atom. The third-order valence-electron chi connectivity index (χ3n) is 2.87. The summed E-state index contributed by atoms with van der Waals surface area (Å²) in [6.45, 7) is 2.09. The second kappa shape index (κ2) is 3.14. The van der Waals surface area contributed by atoms with E-state index in [2.05, 4.69) is 18.0 Å². The number of nitrogen functional groups attached to an aromatic ring is 1. The highest BCUT2D eigenvalue weighted by Gasteiger charge is 2.18. The van der Waals surface area contributed by atoms with Gasteiger partial charge in [0, 0.05) is 17.6 Å². The van der Waals surface area contributed by atoms with Gasteiger partial charge in [0.2, 0.25) is 0 Å². The Morgan fingerprint density at radius 1 is 1.40 bits per heavy atom. The first-order valence-corrected chi connectivity index (χ1v) is 6.06. The van der Waals surface area contributed by atoms with E-state index in [4.69, 9.17) is 5.73 Å². The van der Waals surface area contributed by atoms with Gasteiger partial charge in [0.25, 0.3) is 0 Å². The van der Waals surface area contributed by atoms with Crippen molar-refractivity contribution in [1.82, 2.24) is 4.98 Å². The fourth-order valence-corrected chi connectivity index (χ4v) is 3.21. The molecule has 0 saturated heterocycles. The predicted octanol–water partition coefficient (Wildman–Crippen LogP) is 2.77. The summed E-state index contributed by atoms with van der Waals surface area (Å²) < 4.78 is 0. The Morgan fingerprint density at radius 2 is 2.27 bits per heavy atom. The fraction of sp³-hybridized carbons (Fsp3) is 0.250.